The highest BCUT2D eigenvalue weighted by Gasteiger charge is 2.18. The lowest BCUT2D eigenvalue weighted by Gasteiger charge is -2.12. The predicted octanol–water partition coefficient (Wildman–Crippen LogP) is 4.76. The van der Waals surface area contributed by atoms with Crippen LogP contribution in [0.4, 0.5) is 28.9 Å². The van der Waals surface area contributed by atoms with E-state index in [-0.39, 0.29) is 28.3 Å². The molecule has 0 aliphatic rings. The Morgan fingerprint density at radius 3 is 1.77 bits per heavy atom. The maximum atomic E-state index is 13.8. The minimum absolute atomic E-state index is 0.0377. The molecule has 9 heteroatoms. The zero-order chi connectivity index (χ0) is 21.8. The van der Waals surface area contributed by atoms with Gasteiger partial charge < -0.3 is 15.4 Å². The van der Waals surface area contributed by atoms with Crippen molar-refractivity contribution in [3.63, 3.8) is 0 Å². The van der Waals surface area contributed by atoms with E-state index < -0.39 is 35.1 Å². The summed E-state index contributed by atoms with van der Waals surface area (Å²) in [6.07, 6.45) is 0. The second-order valence-electron chi connectivity index (χ2n) is 6.07. The third-order valence-electron chi connectivity index (χ3n) is 4.06. The molecule has 5 nitrogen and oxygen atoms in total. The second-order valence-corrected chi connectivity index (χ2v) is 6.07. The van der Waals surface area contributed by atoms with Gasteiger partial charge in [0, 0.05) is 17.7 Å². The summed E-state index contributed by atoms with van der Waals surface area (Å²) in [6.45, 7) is 0. The molecule has 0 bridgehead atoms. The van der Waals surface area contributed by atoms with Crippen LogP contribution < -0.4 is 15.4 Å². The number of hydrogen-bond donors (Lipinski definition) is 2. The molecule has 0 atom stereocenters. The van der Waals surface area contributed by atoms with E-state index in [4.69, 9.17) is 4.74 Å². The first kappa shape index (κ1) is 20.8. The van der Waals surface area contributed by atoms with Gasteiger partial charge in [-0.05, 0) is 42.5 Å². The Bertz CT molecular complexity index is 1140. The highest BCUT2D eigenvalue weighted by Crippen LogP contribution is 2.24. The van der Waals surface area contributed by atoms with Crippen LogP contribution in [0, 0.1) is 23.3 Å². The predicted molar refractivity (Wildman–Crippen MR) is 102 cm³/mol. The van der Waals surface area contributed by atoms with Crippen LogP contribution in [0.15, 0.2) is 54.6 Å². The summed E-state index contributed by atoms with van der Waals surface area (Å²) in [4.78, 5) is 25.0. The van der Waals surface area contributed by atoms with Crippen molar-refractivity contribution in [2.45, 2.75) is 0 Å². The molecule has 2 N–H and O–H groups in total. The van der Waals surface area contributed by atoms with Crippen molar-refractivity contribution in [1.82, 2.24) is 0 Å². The SMILES string of the molecule is COc1ccc(C(=O)Nc2ccc(F)cc2F)cc1C(=O)Nc1ccc(F)cc1F. The number of hydrogen-bond acceptors (Lipinski definition) is 3. The van der Waals surface area contributed by atoms with Gasteiger partial charge in [-0.2, -0.15) is 0 Å². The number of halogens is 4. The average Bonchev–Trinajstić information content (AvgIpc) is 2.71. The lowest BCUT2D eigenvalue weighted by atomic mass is 10.1. The van der Waals surface area contributed by atoms with E-state index in [9.17, 15) is 27.2 Å². The van der Waals surface area contributed by atoms with Crippen LogP contribution >= 0.6 is 0 Å². The van der Waals surface area contributed by atoms with Crippen molar-refractivity contribution in [3.05, 3.63) is 89.0 Å². The molecular formula is C21H14F4N2O3. The molecule has 3 rings (SSSR count). The molecule has 154 valence electrons. The molecule has 30 heavy (non-hydrogen) atoms. The molecule has 0 unspecified atom stereocenters. The minimum Gasteiger partial charge on any atom is -0.496 e. The van der Waals surface area contributed by atoms with Gasteiger partial charge in [-0.25, -0.2) is 17.6 Å². The number of amides is 2. The van der Waals surface area contributed by atoms with Crippen molar-refractivity contribution >= 4 is 23.2 Å². The van der Waals surface area contributed by atoms with Crippen molar-refractivity contribution in [3.8, 4) is 5.75 Å². The normalized spacial score (nSPS) is 10.4. The number of carbonyl (C=O) groups is 2. The monoisotopic (exact) mass is 418 g/mol. The highest BCUT2D eigenvalue weighted by atomic mass is 19.1. The smallest absolute Gasteiger partial charge is 0.259 e. The molecule has 0 saturated heterocycles. The van der Waals surface area contributed by atoms with E-state index in [1.54, 1.807) is 0 Å². The summed E-state index contributed by atoms with van der Waals surface area (Å²) in [6, 6.07) is 9.07. The molecule has 0 saturated carbocycles. The highest BCUT2D eigenvalue weighted by molar-refractivity contribution is 6.10. The molecule has 3 aromatic rings. The van der Waals surface area contributed by atoms with Crippen molar-refractivity contribution < 1.29 is 31.9 Å². The van der Waals surface area contributed by atoms with Gasteiger partial charge in [0.05, 0.1) is 24.0 Å². The molecule has 0 aliphatic carbocycles. The van der Waals surface area contributed by atoms with Crippen LogP contribution in [0.5, 0.6) is 5.75 Å². The number of ether oxygens (including phenoxy) is 1. The van der Waals surface area contributed by atoms with Gasteiger partial charge in [-0.15, -0.1) is 0 Å². The zero-order valence-electron chi connectivity index (χ0n) is 15.4. The lowest BCUT2D eigenvalue weighted by Crippen LogP contribution is -2.17. The van der Waals surface area contributed by atoms with Gasteiger partial charge >= 0.3 is 0 Å². The second kappa shape index (κ2) is 8.64. The van der Waals surface area contributed by atoms with Crippen LogP contribution in [0.2, 0.25) is 0 Å². The lowest BCUT2D eigenvalue weighted by molar-refractivity contribution is 0.102. The first-order valence-electron chi connectivity index (χ1n) is 8.49. The van der Waals surface area contributed by atoms with Gasteiger partial charge in [-0.1, -0.05) is 0 Å². The fourth-order valence-corrected chi connectivity index (χ4v) is 2.59. The summed E-state index contributed by atoms with van der Waals surface area (Å²) < 4.78 is 58.7. The minimum atomic E-state index is -0.983. The molecule has 2 amide bonds. The van der Waals surface area contributed by atoms with E-state index in [0.29, 0.717) is 12.1 Å². The molecule has 0 aliphatic heterocycles. The van der Waals surface area contributed by atoms with Gasteiger partial charge in [-0.3, -0.25) is 9.59 Å². The Morgan fingerprint density at radius 2 is 1.27 bits per heavy atom. The van der Waals surface area contributed by atoms with E-state index in [2.05, 4.69) is 10.6 Å². The summed E-state index contributed by atoms with van der Waals surface area (Å²) in [5.74, 6) is -5.08. The van der Waals surface area contributed by atoms with Crippen LogP contribution in [-0.2, 0) is 0 Å². The van der Waals surface area contributed by atoms with Crippen molar-refractivity contribution in [2.24, 2.45) is 0 Å². The summed E-state index contributed by atoms with van der Waals surface area (Å²) in [5.41, 5.74) is -0.680. The number of anilines is 2. The summed E-state index contributed by atoms with van der Waals surface area (Å²) in [7, 11) is 1.29. The topological polar surface area (TPSA) is 67.4 Å². The molecule has 0 heterocycles. The maximum Gasteiger partial charge on any atom is 0.259 e. The number of methoxy groups -OCH3 is 1. The molecule has 0 spiro atoms. The number of rotatable bonds is 5. The van der Waals surface area contributed by atoms with E-state index in [0.717, 1.165) is 30.3 Å². The van der Waals surface area contributed by atoms with Gasteiger partial charge in [0.15, 0.2) is 0 Å². The fraction of sp³-hybridized carbons (Fsp3) is 0.0476. The summed E-state index contributed by atoms with van der Waals surface area (Å²) in [5, 5.41) is 4.53. The average molecular weight is 418 g/mol. The zero-order valence-corrected chi connectivity index (χ0v) is 15.4. The maximum absolute atomic E-state index is 13.8. The summed E-state index contributed by atoms with van der Waals surface area (Å²) >= 11 is 0. The van der Waals surface area contributed by atoms with E-state index >= 15 is 0 Å². The third-order valence-corrected chi connectivity index (χ3v) is 4.06. The van der Waals surface area contributed by atoms with Crippen molar-refractivity contribution in [2.75, 3.05) is 17.7 Å². The van der Waals surface area contributed by atoms with E-state index in [1.807, 2.05) is 0 Å². The van der Waals surface area contributed by atoms with Gasteiger partial charge in [0.1, 0.15) is 29.0 Å². The first-order valence-corrected chi connectivity index (χ1v) is 8.49. The molecule has 0 radical (unpaired) electrons. The Morgan fingerprint density at radius 1 is 0.733 bits per heavy atom. The molecular weight excluding hydrogens is 404 g/mol. The third kappa shape index (κ3) is 4.57. The van der Waals surface area contributed by atoms with Gasteiger partial charge in [0.2, 0.25) is 0 Å². The number of benzene rings is 3. The number of carbonyl (C=O) groups excluding carboxylic acids is 2. The van der Waals surface area contributed by atoms with Crippen LogP contribution in [0.25, 0.3) is 0 Å². The Balaban J connectivity index is 1.87. The Labute approximate surface area is 168 Å². The first-order chi connectivity index (χ1) is 14.3. The quantitative estimate of drug-likeness (QED) is 0.588. The van der Waals surface area contributed by atoms with E-state index in [1.165, 1.54) is 19.2 Å². The van der Waals surface area contributed by atoms with Crippen LogP contribution in [-0.4, -0.2) is 18.9 Å². The number of nitrogens with one attached hydrogen (secondary N) is 2. The Hall–Kier alpha value is -3.88. The standard InChI is InChI=1S/C21H14F4N2O3/c1-30-19-7-2-11(20(28)26-17-5-3-12(22)9-15(17)24)8-14(19)21(29)27-18-6-4-13(23)10-16(18)25/h2-10H,1H3,(H,26,28)(H,27,29). The van der Waals surface area contributed by atoms with Crippen LogP contribution in [0.3, 0.4) is 0 Å². The molecule has 0 aromatic heterocycles. The fourth-order valence-electron chi connectivity index (χ4n) is 2.59. The Kier molecular flexibility index (Phi) is 6.01. The van der Waals surface area contributed by atoms with Crippen molar-refractivity contribution in [1.29, 1.82) is 0 Å². The van der Waals surface area contributed by atoms with Gasteiger partial charge in [0.25, 0.3) is 11.8 Å². The molecule has 0 fully saturated rings. The van der Waals surface area contributed by atoms with Crippen LogP contribution in [0.1, 0.15) is 20.7 Å². The largest absolute Gasteiger partial charge is 0.496 e. The molecule has 3 aromatic carbocycles.